The number of primary sulfonamides is 1. The number of esters is 1. The lowest BCUT2D eigenvalue weighted by Crippen LogP contribution is -2.30. The van der Waals surface area contributed by atoms with Crippen molar-refractivity contribution in [3.8, 4) is 0 Å². The van der Waals surface area contributed by atoms with Gasteiger partial charge in [-0.1, -0.05) is 42.5 Å². The fraction of sp³-hybridized carbons (Fsp3) is 0.222. The van der Waals surface area contributed by atoms with Crippen molar-refractivity contribution in [3.63, 3.8) is 0 Å². The van der Waals surface area contributed by atoms with Gasteiger partial charge in [0.25, 0.3) is 0 Å². The van der Waals surface area contributed by atoms with E-state index in [1.54, 1.807) is 12.1 Å². The van der Waals surface area contributed by atoms with E-state index in [2.05, 4.69) is 5.32 Å². The second-order valence-electron chi connectivity index (χ2n) is 5.61. The Hall–Kier alpha value is -2.71. The quantitative estimate of drug-likeness (QED) is 0.670. The molecular formula is C18H20N2O5S. The Morgan fingerprint density at radius 1 is 0.962 bits per heavy atom. The molecule has 2 aromatic rings. The van der Waals surface area contributed by atoms with Gasteiger partial charge in [0, 0.05) is 6.42 Å². The van der Waals surface area contributed by atoms with Crippen LogP contribution in [0.25, 0.3) is 0 Å². The summed E-state index contributed by atoms with van der Waals surface area (Å²) in [7, 11) is -3.73. The molecule has 0 atom stereocenters. The summed E-state index contributed by atoms with van der Waals surface area (Å²) in [5.74, 6) is -0.808. The summed E-state index contributed by atoms with van der Waals surface area (Å²) in [6, 6.07) is 15.2. The molecule has 0 saturated carbocycles. The number of hydrogen-bond acceptors (Lipinski definition) is 5. The number of nitrogens with two attached hydrogens (primary N) is 1. The molecule has 0 aromatic heterocycles. The fourth-order valence-corrected chi connectivity index (χ4v) is 2.67. The summed E-state index contributed by atoms with van der Waals surface area (Å²) in [5.41, 5.74) is 1.66. The zero-order chi connectivity index (χ0) is 19.0. The van der Waals surface area contributed by atoms with Crippen molar-refractivity contribution < 1.29 is 22.7 Å². The van der Waals surface area contributed by atoms with Crippen LogP contribution in [0.2, 0.25) is 0 Å². The first-order valence-electron chi connectivity index (χ1n) is 7.92. The smallest absolute Gasteiger partial charge is 0.325 e. The van der Waals surface area contributed by atoms with Gasteiger partial charge in [-0.25, -0.2) is 13.6 Å². The Morgan fingerprint density at radius 3 is 2.23 bits per heavy atom. The van der Waals surface area contributed by atoms with Crippen LogP contribution in [0.3, 0.4) is 0 Å². The maximum absolute atomic E-state index is 11.8. The van der Waals surface area contributed by atoms with Crippen LogP contribution in [0.5, 0.6) is 0 Å². The van der Waals surface area contributed by atoms with Crippen LogP contribution in [-0.2, 0) is 37.4 Å². The van der Waals surface area contributed by atoms with Crippen LogP contribution >= 0.6 is 0 Å². The molecular weight excluding hydrogens is 356 g/mol. The minimum Gasteiger partial charge on any atom is -0.460 e. The van der Waals surface area contributed by atoms with Gasteiger partial charge >= 0.3 is 5.97 Å². The van der Waals surface area contributed by atoms with Gasteiger partial charge in [0.1, 0.15) is 13.2 Å². The number of carbonyl (C=O) groups is 2. The molecule has 138 valence electrons. The van der Waals surface area contributed by atoms with Crippen molar-refractivity contribution in [2.45, 2.75) is 24.3 Å². The van der Waals surface area contributed by atoms with Crippen LogP contribution in [0.4, 0.5) is 0 Å². The van der Waals surface area contributed by atoms with Crippen molar-refractivity contribution in [1.82, 2.24) is 5.32 Å². The first-order chi connectivity index (χ1) is 12.3. The molecule has 0 aliphatic carbocycles. The van der Waals surface area contributed by atoms with Crippen LogP contribution in [-0.4, -0.2) is 26.8 Å². The van der Waals surface area contributed by atoms with Gasteiger partial charge in [0.2, 0.25) is 15.9 Å². The van der Waals surface area contributed by atoms with E-state index >= 15 is 0 Å². The lowest BCUT2D eigenvalue weighted by molar-refractivity contribution is -0.145. The third kappa shape index (κ3) is 6.66. The molecule has 0 bridgehead atoms. The molecule has 0 unspecified atom stereocenters. The van der Waals surface area contributed by atoms with Crippen LogP contribution < -0.4 is 10.5 Å². The number of nitrogens with one attached hydrogen (secondary N) is 1. The van der Waals surface area contributed by atoms with E-state index in [9.17, 15) is 18.0 Å². The largest absolute Gasteiger partial charge is 0.460 e. The van der Waals surface area contributed by atoms with Gasteiger partial charge in [0.15, 0.2) is 0 Å². The topological polar surface area (TPSA) is 116 Å². The monoisotopic (exact) mass is 376 g/mol. The molecule has 0 aliphatic rings. The molecule has 7 nitrogen and oxygen atoms in total. The average Bonchev–Trinajstić information content (AvgIpc) is 2.63. The summed E-state index contributed by atoms with van der Waals surface area (Å²) in [5, 5.41) is 7.52. The van der Waals surface area contributed by atoms with Crippen LogP contribution in [0, 0.1) is 0 Å². The Morgan fingerprint density at radius 2 is 1.62 bits per heavy atom. The Balaban J connectivity index is 1.69. The van der Waals surface area contributed by atoms with Gasteiger partial charge in [-0.05, 0) is 29.7 Å². The highest BCUT2D eigenvalue weighted by Gasteiger charge is 2.09. The third-order valence-corrected chi connectivity index (χ3v) is 4.49. The molecule has 8 heteroatoms. The SMILES string of the molecule is NS(=O)(=O)c1ccc(CCC(=O)NCC(=O)OCc2ccccc2)cc1. The summed E-state index contributed by atoms with van der Waals surface area (Å²) in [6.07, 6.45) is 0.580. The van der Waals surface area contributed by atoms with Gasteiger partial charge in [-0.2, -0.15) is 0 Å². The third-order valence-electron chi connectivity index (χ3n) is 3.57. The number of hydrogen-bond donors (Lipinski definition) is 2. The number of aryl methyl sites for hydroxylation is 1. The summed E-state index contributed by atoms with van der Waals surface area (Å²) in [4.78, 5) is 23.4. The van der Waals surface area contributed by atoms with E-state index in [0.717, 1.165) is 11.1 Å². The summed E-state index contributed by atoms with van der Waals surface area (Å²) < 4.78 is 27.4. The maximum Gasteiger partial charge on any atom is 0.325 e. The maximum atomic E-state index is 11.8. The summed E-state index contributed by atoms with van der Waals surface area (Å²) >= 11 is 0. The lowest BCUT2D eigenvalue weighted by atomic mass is 10.1. The number of ether oxygens (including phenoxy) is 1. The first kappa shape index (κ1) is 19.6. The molecule has 26 heavy (non-hydrogen) atoms. The molecule has 1 amide bonds. The Labute approximate surface area is 152 Å². The Bertz CT molecular complexity index is 849. The predicted octanol–water partition coefficient (Wildman–Crippen LogP) is 1.13. The van der Waals surface area contributed by atoms with E-state index in [1.807, 2.05) is 30.3 Å². The highest BCUT2D eigenvalue weighted by molar-refractivity contribution is 7.89. The molecule has 0 spiro atoms. The molecule has 0 aliphatic heterocycles. The second kappa shape index (κ2) is 9.12. The normalized spacial score (nSPS) is 11.0. The van der Waals surface area contributed by atoms with E-state index < -0.39 is 16.0 Å². The lowest BCUT2D eigenvalue weighted by Gasteiger charge is -2.07. The van der Waals surface area contributed by atoms with E-state index in [1.165, 1.54) is 12.1 Å². The molecule has 0 fully saturated rings. The van der Waals surface area contributed by atoms with Gasteiger partial charge in [-0.15, -0.1) is 0 Å². The van der Waals surface area contributed by atoms with Crippen molar-refractivity contribution in [3.05, 3.63) is 65.7 Å². The highest BCUT2D eigenvalue weighted by atomic mass is 32.2. The highest BCUT2D eigenvalue weighted by Crippen LogP contribution is 2.10. The zero-order valence-corrected chi connectivity index (χ0v) is 14.9. The minimum atomic E-state index is -3.73. The first-order valence-corrected chi connectivity index (χ1v) is 9.47. The van der Waals surface area contributed by atoms with Crippen molar-refractivity contribution in [2.75, 3.05) is 6.54 Å². The van der Waals surface area contributed by atoms with Crippen LogP contribution in [0.15, 0.2) is 59.5 Å². The average molecular weight is 376 g/mol. The number of carbonyl (C=O) groups excluding carboxylic acids is 2. The minimum absolute atomic E-state index is 0.0202. The number of rotatable bonds is 8. The van der Waals surface area contributed by atoms with Crippen molar-refractivity contribution in [2.24, 2.45) is 5.14 Å². The molecule has 0 radical (unpaired) electrons. The predicted molar refractivity (Wildman–Crippen MR) is 95.4 cm³/mol. The molecule has 0 heterocycles. The van der Waals surface area contributed by atoms with E-state index in [4.69, 9.17) is 9.88 Å². The standard InChI is InChI=1S/C18H20N2O5S/c19-26(23,24)16-9-6-14(7-10-16)8-11-17(21)20-12-18(22)25-13-15-4-2-1-3-5-15/h1-7,9-10H,8,11-13H2,(H,20,21)(H2,19,23,24). The van der Waals surface area contributed by atoms with Crippen LogP contribution in [0.1, 0.15) is 17.5 Å². The second-order valence-corrected chi connectivity index (χ2v) is 7.17. The van der Waals surface area contributed by atoms with E-state index in [0.29, 0.717) is 6.42 Å². The molecule has 3 N–H and O–H groups in total. The van der Waals surface area contributed by atoms with Crippen molar-refractivity contribution in [1.29, 1.82) is 0 Å². The Kier molecular flexibility index (Phi) is 6.88. The van der Waals surface area contributed by atoms with Gasteiger partial charge in [-0.3, -0.25) is 9.59 Å². The number of amides is 1. The van der Waals surface area contributed by atoms with Crippen molar-refractivity contribution >= 4 is 21.9 Å². The number of benzene rings is 2. The van der Waals surface area contributed by atoms with E-state index in [-0.39, 0.29) is 30.4 Å². The number of sulfonamides is 1. The molecule has 2 rings (SSSR count). The van der Waals surface area contributed by atoms with Gasteiger partial charge in [0.05, 0.1) is 4.90 Å². The summed E-state index contributed by atoms with van der Waals surface area (Å²) in [6.45, 7) is -0.0397. The van der Waals surface area contributed by atoms with Gasteiger partial charge < -0.3 is 10.1 Å². The molecule has 0 saturated heterocycles. The fourth-order valence-electron chi connectivity index (χ4n) is 2.15. The zero-order valence-electron chi connectivity index (χ0n) is 14.1. The molecule has 2 aromatic carbocycles.